The summed E-state index contributed by atoms with van der Waals surface area (Å²) in [7, 11) is 0. The van der Waals surface area contributed by atoms with Crippen LogP contribution < -0.4 is 5.73 Å². The molecule has 0 heterocycles. The minimum absolute atomic E-state index is 0.0110. The smallest absolute Gasteiger partial charge is 0.146 e. The van der Waals surface area contributed by atoms with Crippen LogP contribution in [0.1, 0.15) is 13.3 Å². The maximum atomic E-state index is 11.6. The Morgan fingerprint density at radius 3 is 2.77 bits per heavy atom. The molecule has 0 spiro atoms. The van der Waals surface area contributed by atoms with Crippen molar-refractivity contribution >= 4 is 5.78 Å². The summed E-state index contributed by atoms with van der Waals surface area (Å²) in [5.41, 5.74) is 4.65. The predicted molar refractivity (Wildman–Crippen MR) is 51.1 cm³/mol. The Morgan fingerprint density at radius 1 is 1.62 bits per heavy atom. The van der Waals surface area contributed by atoms with E-state index in [2.05, 4.69) is 0 Å². The van der Waals surface area contributed by atoms with Crippen molar-refractivity contribution < 1.29 is 9.90 Å². The van der Waals surface area contributed by atoms with Gasteiger partial charge in [-0.15, -0.1) is 0 Å². The number of nitrogens with two attached hydrogens (primary N) is 1. The molecule has 1 rings (SSSR count). The van der Waals surface area contributed by atoms with Crippen molar-refractivity contribution in [2.75, 3.05) is 6.54 Å². The van der Waals surface area contributed by atoms with Crippen molar-refractivity contribution in [2.24, 2.45) is 11.1 Å². The largest absolute Gasteiger partial charge is 0.388 e. The predicted octanol–water partition coefficient (Wildman–Crippen LogP) is 0.398. The van der Waals surface area contributed by atoms with Gasteiger partial charge in [0.1, 0.15) is 5.78 Å². The van der Waals surface area contributed by atoms with Gasteiger partial charge in [-0.3, -0.25) is 4.79 Å². The van der Waals surface area contributed by atoms with Crippen molar-refractivity contribution in [3.05, 3.63) is 24.3 Å². The van der Waals surface area contributed by atoms with Gasteiger partial charge in [-0.1, -0.05) is 31.2 Å². The molecule has 1 aliphatic carbocycles. The lowest BCUT2D eigenvalue weighted by atomic mass is 9.75. The van der Waals surface area contributed by atoms with Gasteiger partial charge in [-0.25, -0.2) is 0 Å². The lowest BCUT2D eigenvalue weighted by molar-refractivity contribution is -0.129. The van der Waals surface area contributed by atoms with Gasteiger partial charge in [0, 0.05) is 13.0 Å². The highest BCUT2D eigenvalue weighted by Gasteiger charge is 2.39. The van der Waals surface area contributed by atoms with E-state index in [0.717, 1.165) is 0 Å². The Bertz CT molecular complexity index is 258. The third kappa shape index (κ3) is 1.57. The third-order valence-electron chi connectivity index (χ3n) is 2.50. The molecule has 0 aromatic heterocycles. The highest BCUT2D eigenvalue weighted by molar-refractivity contribution is 5.88. The first kappa shape index (κ1) is 10.2. The average Bonchev–Trinajstić information content (AvgIpc) is 2.18. The van der Waals surface area contributed by atoms with Crippen molar-refractivity contribution in [1.82, 2.24) is 0 Å². The topological polar surface area (TPSA) is 63.3 Å². The fourth-order valence-corrected chi connectivity index (χ4v) is 1.56. The van der Waals surface area contributed by atoms with Crippen LogP contribution in [0.4, 0.5) is 0 Å². The van der Waals surface area contributed by atoms with E-state index in [9.17, 15) is 9.90 Å². The summed E-state index contributed by atoms with van der Waals surface area (Å²) >= 11 is 0. The van der Waals surface area contributed by atoms with Gasteiger partial charge in [-0.2, -0.15) is 0 Å². The molecular weight excluding hydrogens is 166 g/mol. The van der Waals surface area contributed by atoms with Crippen molar-refractivity contribution in [2.45, 2.75) is 19.4 Å². The van der Waals surface area contributed by atoms with Crippen LogP contribution >= 0.6 is 0 Å². The fraction of sp³-hybridized carbons (Fsp3) is 0.500. The summed E-state index contributed by atoms with van der Waals surface area (Å²) in [6.45, 7) is 1.93. The summed E-state index contributed by atoms with van der Waals surface area (Å²) in [6, 6.07) is 0. The van der Waals surface area contributed by atoms with E-state index >= 15 is 0 Å². The first-order valence-electron chi connectivity index (χ1n) is 4.45. The van der Waals surface area contributed by atoms with E-state index in [1.807, 2.05) is 0 Å². The molecule has 0 aromatic rings. The summed E-state index contributed by atoms with van der Waals surface area (Å²) < 4.78 is 0. The summed E-state index contributed by atoms with van der Waals surface area (Å²) in [5, 5.41) is 9.68. The SMILES string of the molecule is CCC(=O)C1(CN)C=CC=CC1O. The van der Waals surface area contributed by atoms with Crippen LogP contribution in [0.5, 0.6) is 0 Å². The lowest BCUT2D eigenvalue weighted by Gasteiger charge is -2.32. The molecule has 0 fully saturated rings. The highest BCUT2D eigenvalue weighted by atomic mass is 16.3. The van der Waals surface area contributed by atoms with E-state index in [4.69, 9.17) is 5.73 Å². The van der Waals surface area contributed by atoms with Crippen molar-refractivity contribution in [3.8, 4) is 0 Å². The van der Waals surface area contributed by atoms with Crippen LogP contribution in [0.15, 0.2) is 24.3 Å². The molecule has 0 radical (unpaired) electrons. The Morgan fingerprint density at radius 2 is 2.31 bits per heavy atom. The molecule has 13 heavy (non-hydrogen) atoms. The zero-order valence-electron chi connectivity index (χ0n) is 7.73. The second-order valence-corrected chi connectivity index (χ2v) is 3.21. The van der Waals surface area contributed by atoms with Crippen LogP contribution in [0.25, 0.3) is 0 Å². The average molecular weight is 181 g/mol. The molecule has 72 valence electrons. The number of hydrogen-bond donors (Lipinski definition) is 2. The summed E-state index contributed by atoms with van der Waals surface area (Å²) in [6.07, 6.45) is 6.39. The van der Waals surface area contributed by atoms with Crippen molar-refractivity contribution in [3.63, 3.8) is 0 Å². The van der Waals surface area contributed by atoms with E-state index in [0.29, 0.717) is 6.42 Å². The Labute approximate surface area is 77.9 Å². The maximum Gasteiger partial charge on any atom is 0.146 e. The molecular formula is C10H15NO2. The van der Waals surface area contributed by atoms with E-state index in [1.165, 1.54) is 0 Å². The quantitative estimate of drug-likeness (QED) is 0.662. The van der Waals surface area contributed by atoms with E-state index in [-0.39, 0.29) is 12.3 Å². The maximum absolute atomic E-state index is 11.6. The number of Topliss-reactive ketones (excluding diaryl/α,β-unsaturated/α-hetero) is 1. The molecule has 0 saturated heterocycles. The molecule has 0 amide bonds. The highest BCUT2D eigenvalue weighted by Crippen LogP contribution is 2.29. The van der Waals surface area contributed by atoms with E-state index < -0.39 is 11.5 Å². The Balaban J connectivity index is 2.98. The number of hydrogen-bond acceptors (Lipinski definition) is 3. The van der Waals surface area contributed by atoms with Gasteiger partial charge in [0.15, 0.2) is 0 Å². The number of rotatable bonds is 3. The van der Waals surface area contributed by atoms with Crippen LogP contribution in [-0.2, 0) is 4.79 Å². The number of aliphatic hydroxyl groups excluding tert-OH is 1. The zero-order valence-corrected chi connectivity index (χ0v) is 7.73. The molecule has 3 nitrogen and oxygen atoms in total. The first-order valence-corrected chi connectivity index (χ1v) is 4.45. The molecule has 1 aliphatic rings. The van der Waals surface area contributed by atoms with E-state index in [1.54, 1.807) is 31.2 Å². The number of allylic oxidation sites excluding steroid dienone is 2. The second kappa shape index (κ2) is 3.85. The van der Waals surface area contributed by atoms with Gasteiger partial charge in [0.25, 0.3) is 0 Å². The number of carbonyl (C=O) groups excluding carboxylic acids is 1. The second-order valence-electron chi connectivity index (χ2n) is 3.21. The minimum Gasteiger partial charge on any atom is -0.388 e. The van der Waals surface area contributed by atoms with Gasteiger partial charge in [-0.05, 0) is 0 Å². The Kier molecular flexibility index (Phi) is 3.01. The van der Waals surface area contributed by atoms with Crippen LogP contribution in [0.3, 0.4) is 0 Å². The molecule has 3 heteroatoms. The molecule has 0 aliphatic heterocycles. The number of carbonyl (C=O) groups is 1. The molecule has 0 bridgehead atoms. The zero-order chi connectivity index (χ0) is 9.90. The molecule has 2 unspecified atom stereocenters. The number of aliphatic hydroxyl groups is 1. The normalized spacial score (nSPS) is 32.1. The minimum atomic E-state index is -0.885. The van der Waals surface area contributed by atoms with Gasteiger partial charge < -0.3 is 10.8 Å². The van der Waals surface area contributed by atoms with Crippen LogP contribution in [0, 0.1) is 5.41 Å². The van der Waals surface area contributed by atoms with Gasteiger partial charge >= 0.3 is 0 Å². The van der Waals surface area contributed by atoms with Crippen LogP contribution in [0.2, 0.25) is 0 Å². The van der Waals surface area contributed by atoms with Gasteiger partial charge in [0.2, 0.25) is 0 Å². The molecule has 3 N–H and O–H groups in total. The van der Waals surface area contributed by atoms with Crippen LogP contribution in [-0.4, -0.2) is 23.5 Å². The third-order valence-corrected chi connectivity index (χ3v) is 2.50. The Hall–Kier alpha value is -0.930. The molecule has 0 aromatic carbocycles. The first-order chi connectivity index (χ1) is 6.17. The monoisotopic (exact) mass is 181 g/mol. The standard InChI is InChI=1S/C10H15NO2/c1-2-8(12)10(7-11)6-4-3-5-9(10)13/h3-6,9,13H,2,7,11H2,1H3. The van der Waals surface area contributed by atoms with Crippen molar-refractivity contribution in [1.29, 1.82) is 0 Å². The number of ketones is 1. The summed E-state index contributed by atoms with van der Waals surface area (Å²) in [5.74, 6) is -0.0110. The summed E-state index contributed by atoms with van der Waals surface area (Å²) in [4.78, 5) is 11.6. The fourth-order valence-electron chi connectivity index (χ4n) is 1.56. The lowest BCUT2D eigenvalue weighted by Crippen LogP contribution is -2.46. The molecule has 0 saturated carbocycles. The van der Waals surface area contributed by atoms with Gasteiger partial charge in [0.05, 0.1) is 11.5 Å². The molecule has 2 atom stereocenters.